The quantitative estimate of drug-likeness (QED) is 0.0531. The minimum Gasteiger partial charge on any atom is -0.370 e. The van der Waals surface area contributed by atoms with Gasteiger partial charge in [0.2, 0.25) is 17.7 Å². The van der Waals surface area contributed by atoms with E-state index in [9.17, 15) is 19.2 Å². The van der Waals surface area contributed by atoms with Gasteiger partial charge in [0.05, 0.1) is 6.04 Å². The number of primary amides is 1. The first-order chi connectivity index (χ1) is 17.5. The van der Waals surface area contributed by atoms with Crippen molar-refractivity contribution in [2.75, 3.05) is 6.54 Å². The Morgan fingerprint density at radius 2 is 1.59 bits per heavy atom. The van der Waals surface area contributed by atoms with E-state index in [1.54, 1.807) is 0 Å². The molecule has 5 amide bonds. The van der Waals surface area contributed by atoms with Crippen molar-refractivity contribution in [1.82, 2.24) is 21.4 Å². The summed E-state index contributed by atoms with van der Waals surface area (Å²) in [5.41, 5.74) is 18.7. The number of hydrogen-bond acceptors (Lipinski definition) is 6. The Morgan fingerprint density at radius 3 is 2.16 bits per heavy atom. The average Bonchev–Trinajstić information content (AvgIpc) is 2.80. The van der Waals surface area contributed by atoms with Crippen molar-refractivity contribution >= 4 is 35.9 Å². The number of hydrogen-bond donors (Lipinski definition) is 7. The Hall–Kier alpha value is -4.16. The zero-order valence-electron chi connectivity index (χ0n) is 21.6. The van der Waals surface area contributed by atoms with Gasteiger partial charge >= 0.3 is 6.03 Å². The van der Waals surface area contributed by atoms with Crippen LogP contribution in [0.4, 0.5) is 4.79 Å². The van der Waals surface area contributed by atoms with Crippen LogP contribution in [0.2, 0.25) is 0 Å². The Labute approximate surface area is 217 Å². The second-order valence-corrected chi connectivity index (χ2v) is 8.95. The second-order valence-electron chi connectivity index (χ2n) is 8.95. The first-order valence-electron chi connectivity index (χ1n) is 12.0. The lowest BCUT2D eigenvalue weighted by Gasteiger charge is -2.25. The minimum absolute atomic E-state index is 0.0505. The number of nitrogens with one attached hydrogen (secondary N) is 4. The normalized spacial score (nSPS) is 13.3. The van der Waals surface area contributed by atoms with E-state index in [1.807, 2.05) is 44.2 Å². The Morgan fingerprint density at radius 1 is 0.946 bits per heavy atom. The van der Waals surface area contributed by atoms with Crippen LogP contribution in [-0.2, 0) is 20.8 Å². The highest BCUT2D eigenvalue weighted by molar-refractivity contribution is 5.93. The van der Waals surface area contributed by atoms with Gasteiger partial charge in [0.25, 0.3) is 0 Å². The molecule has 0 saturated carbocycles. The summed E-state index contributed by atoms with van der Waals surface area (Å²) in [5.74, 6) is -1.20. The summed E-state index contributed by atoms with van der Waals surface area (Å²) >= 11 is 0. The molecule has 0 aromatic heterocycles. The molecule has 0 saturated heterocycles. The van der Waals surface area contributed by atoms with Gasteiger partial charge < -0.3 is 33.2 Å². The van der Waals surface area contributed by atoms with Crippen LogP contribution in [0.25, 0.3) is 0 Å². The van der Waals surface area contributed by atoms with Gasteiger partial charge in [-0.05, 0) is 30.7 Å². The van der Waals surface area contributed by atoms with Gasteiger partial charge in [-0.3, -0.25) is 19.4 Å². The van der Waals surface area contributed by atoms with E-state index in [4.69, 9.17) is 17.2 Å². The summed E-state index contributed by atoms with van der Waals surface area (Å²) in [5, 5.41) is 12.0. The number of aliphatic imine (C=N–C) groups is 1. The molecule has 204 valence electrons. The third-order valence-corrected chi connectivity index (χ3v) is 5.04. The molecule has 1 rings (SSSR count). The zero-order valence-corrected chi connectivity index (χ0v) is 21.6. The first-order valence-corrected chi connectivity index (χ1v) is 12.0. The maximum atomic E-state index is 13.3. The monoisotopic (exact) mass is 518 g/mol. The Kier molecular flexibility index (Phi) is 13.8. The highest BCUT2D eigenvalue weighted by atomic mass is 16.2. The highest BCUT2D eigenvalue weighted by Crippen LogP contribution is 2.09. The largest absolute Gasteiger partial charge is 0.370 e. The fraction of sp³-hybridized carbons (Fsp3) is 0.500. The van der Waals surface area contributed by atoms with Gasteiger partial charge in [-0.15, -0.1) is 0 Å². The molecule has 1 aromatic rings. The van der Waals surface area contributed by atoms with Crippen LogP contribution in [0.5, 0.6) is 0 Å². The van der Waals surface area contributed by atoms with Crippen LogP contribution in [0, 0.1) is 5.92 Å². The number of urea groups is 1. The molecule has 0 spiro atoms. The van der Waals surface area contributed by atoms with E-state index in [0.29, 0.717) is 25.8 Å². The molecule has 1 aromatic carbocycles. The summed E-state index contributed by atoms with van der Waals surface area (Å²) in [4.78, 5) is 53.0. The van der Waals surface area contributed by atoms with Gasteiger partial charge in [0.15, 0.2) is 5.96 Å². The lowest BCUT2D eigenvalue weighted by Crippen LogP contribution is -2.56. The minimum atomic E-state index is -0.948. The number of benzene rings is 1. The van der Waals surface area contributed by atoms with Crippen LogP contribution in [0.15, 0.2) is 40.4 Å². The summed E-state index contributed by atoms with van der Waals surface area (Å²) < 4.78 is 0. The molecule has 3 atom stereocenters. The van der Waals surface area contributed by atoms with Crippen molar-refractivity contribution in [2.45, 2.75) is 64.6 Å². The first kappa shape index (κ1) is 30.9. The average molecular weight is 519 g/mol. The number of carbonyl (C=O) groups excluding carboxylic acids is 4. The number of hydrazone groups is 1. The van der Waals surface area contributed by atoms with E-state index in [0.717, 1.165) is 5.56 Å². The van der Waals surface area contributed by atoms with Crippen LogP contribution in [-0.4, -0.2) is 60.6 Å². The maximum Gasteiger partial charge on any atom is 0.332 e. The van der Waals surface area contributed by atoms with Crippen molar-refractivity contribution < 1.29 is 19.2 Å². The Balaban J connectivity index is 3.09. The molecule has 13 nitrogen and oxygen atoms in total. The molecule has 0 heterocycles. The number of guanidine groups is 1. The predicted octanol–water partition coefficient (Wildman–Crippen LogP) is -0.543. The lowest BCUT2D eigenvalue weighted by molar-refractivity contribution is -0.132. The molecule has 0 radical (unpaired) electrons. The predicted molar refractivity (Wildman–Crippen MR) is 142 cm³/mol. The van der Waals surface area contributed by atoms with Crippen LogP contribution < -0.4 is 38.6 Å². The van der Waals surface area contributed by atoms with E-state index < -0.39 is 36.0 Å². The van der Waals surface area contributed by atoms with Gasteiger partial charge in [-0.2, -0.15) is 5.10 Å². The molecule has 0 aliphatic heterocycles. The molecule has 0 aliphatic rings. The van der Waals surface area contributed by atoms with E-state index in [1.165, 1.54) is 13.1 Å². The lowest BCUT2D eigenvalue weighted by atomic mass is 10.0. The van der Waals surface area contributed by atoms with Crippen LogP contribution in [0.3, 0.4) is 0 Å². The third-order valence-electron chi connectivity index (χ3n) is 5.04. The van der Waals surface area contributed by atoms with Crippen molar-refractivity contribution in [3.8, 4) is 0 Å². The van der Waals surface area contributed by atoms with E-state index in [-0.39, 0.29) is 24.2 Å². The molecule has 0 fully saturated rings. The fourth-order valence-electron chi connectivity index (χ4n) is 3.46. The van der Waals surface area contributed by atoms with Crippen LogP contribution >= 0.6 is 0 Å². The van der Waals surface area contributed by atoms with Crippen molar-refractivity contribution in [2.24, 2.45) is 33.2 Å². The second kappa shape index (κ2) is 16.5. The molecule has 0 unspecified atom stereocenters. The van der Waals surface area contributed by atoms with Gasteiger partial charge in [0.1, 0.15) is 12.1 Å². The molecule has 13 heteroatoms. The van der Waals surface area contributed by atoms with Crippen molar-refractivity contribution in [3.05, 3.63) is 35.9 Å². The molecule has 10 N–H and O–H groups in total. The number of nitrogens with zero attached hydrogens (tertiary/aromatic N) is 2. The number of carbonyl (C=O) groups is 4. The summed E-state index contributed by atoms with van der Waals surface area (Å²) in [6.07, 6.45) is 2.84. The third kappa shape index (κ3) is 14.1. The van der Waals surface area contributed by atoms with Gasteiger partial charge in [-0.1, -0.05) is 44.2 Å². The van der Waals surface area contributed by atoms with E-state index in [2.05, 4.69) is 31.5 Å². The van der Waals surface area contributed by atoms with Gasteiger partial charge in [0, 0.05) is 26.1 Å². The standard InChI is InChI=1S/C24H39N9O4/c1-15(2)12-19(30-16(3)34)22(36)32-20(13-17-8-5-4-6-9-17)21(35)31-18(14-29-33-24(27)37)10-7-11-28-23(25)26/h4-6,8-9,14-15,18-20H,7,10-13H2,1-3H3,(H,30,34)(H,31,35)(H,32,36)(H4,25,26,28)(H3,27,33,37)/b29-14+/t18-,19-,20-/m0/s1/i14+1. The summed E-state index contributed by atoms with van der Waals surface area (Å²) in [6.45, 7) is 5.52. The highest BCUT2D eigenvalue weighted by Gasteiger charge is 2.28. The fourth-order valence-corrected chi connectivity index (χ4v) is 3.46. The smallest absolute Gasteiger partial charge is 0.332 e. The van der Waals surface area contributed by atoms with Crippen molar-refractivity contribution in [3.63, 3.8) is 0 Å². The Bertz CT molecular complexity index is 947. The molecular weight excluding hydrogens is 479 g/mol. The molecule has 0 aliphatic carbocycles. The molecule has 0 bridgehead atoms. The molecular formula is C24H39N9O4. The summed E-state index contributed by atoms with van der Waals surface area (Å²) in [6, 6.07) is 5.99. The van der Waals surface area contributed by atoms with E-state index >= 15 is 0 Å². The SMILES string of the molecule is CC(=O)N[C@@H](CC(C)C)C(=O)N[C@@H](Cc1ccccc1)C(=O)N[C@@H](CCCN=C(N)N)/[13CH]=N/NC(N)=O. The maximum absolute atomic E-state index is 13.3. The zero-order chi connectivity index (χ0) is 27.8. The molecule has 37 heavy (non-hydrogen) atoms. The number of amides is 5. The van der Waals surface area contributed by atoms with Crippen molar-refractivity contribution in [1.29, 1.82) is 0 Å². The van der Waals surface area contributed by atoms with Gasteiger partial charge in [-0.25, -0.2) is 10.2 Å². The number of nitrogens with two attached hydrogens (primary N) is 3. The number of rotatable bonds is 15. The van der Waals surface area contributed by atoms with Crippen LogP contribution in [0.1, 0.15) is 45.6 Å². The summed E-state index contributed by atoms with van der Waals surface area (Å²) in [7, 11) is 0. The topological polar surface area (TPSA) is 219 Å².